The van der Waals surface area contributed by atoms with Gasteiger partial charge in [-0.15, -0.1) is 0 Å². The van der Waals surface area contributed by atoms with Crippen molar-refractivity contribution in [3.05, 3.63) is 6.42 Å². The summed E-state index contributed by atoms with van der Waals surface area (Å²) >= 11 is 0. The Morgan fingerprint density at radius 1 is 0.667 bits per heavy atom. The Bertz CT molecular complexity index is 154. The molecule has 0 aromatic heterocycles. The van der Waals surface area contributed by atoms with E-state index in [-0.39, 0.29) is 0 Å². The summed E-state index contributed by atoms with van der Waals surface area (Å²) in [5.74, 6) is 0. The second kappa shape index (κ2) is 16.7. The third-order valence-electron chi connectivity index (χ3n) is 3.52. The minimum Gasteiger partial charge on any atom is -0.303 e. The summed E-state index contributed by atoms with van der Waals surface area (Å²) in [6.07, 6.45) is 21.6. The van der Waals surface area contributed by atoms with Gasteiger partial charge in [-0.3, -0.25) is 0 Å². The monoisotopic (exact) mass is 253 g/mol. The molecule has 0 aromatic rings. The summed E-state index contributed by atoms with van der Waals surface area (Å²) < 4.78 is 0. The van der Waals surface area contributed by atoms with Crippen LogP contribution in [0.25, 0.3) is 0 Å². The summed E-state index contributed by atoms with van der Waals surface area (Å²) in [4.78, 5) is 10.1. The molecule has 0 heterocycles. The lowest BCUT2D eigenvalue weighted by atomic mass is 10.0. The van der Waals surface area contributed by atoms with Crippen LogP contribution in [0.15, 0.2) is 0 Å². The molecule has 0 N–H and O–H groups in total. The number of aldehydes is 1. The Morgan fingerprint density at radius 3 is 1.56 bits per heavy atom. The first-order chi connectivity index (χ1) is 8.91. The van der Waals surface area contributed by atoms with Crippen LogP contribution in [0.2, 0.25) is 0 Å². The minimum atomic E-state index is 0.637. The third-order valence-corrected chi connectivity index (χ3v) is 3.52. The van der Waals surface area contributed by atoms with Gasteiger partial charge in [-0.05, 0) is 12.8 Å². The molecule has 0 aliphatic rings. The van der Waals surface area contributed by atoms with Crippen molar-refractivity contribution in [2.45, 2.75) is 96.8 Å². The van der Waals surface area contributed by atoms with Crippen molar-refractivity contribution in [2.24, 2.45) is 0 Å². The van der Waals surface area contributed by atoms with Crippen LogP contribution in [0.1, 0.15) is 96.8 Å². The van der Waals surface area contributed by atoms with Crippen LogP contribution in [0.3, 0.4) is 0 Å². The molecule has 1 nitrogen and oxygen atoms in total. The van der Waals surface area contributed by atoms with Gasteiger partial charge in [0, 0.05) is 6.42 Å². The second-order valence-electron chi connectivity index (χ2n) is 5.37. The standard InChI is InChI=1S/C17H33O/c1-2-3-4-5-6-7-8-9-10-11-12-13-14-15-16-17-18/h15,17H,2-14,16H2,1H3. The van der Waals surface area contributed by atoms with E-state index in [1.54, 1.807) is 0 Å². The van der Waals surface area contributed by atoms with Crippen molar-refractivity contribution in [3.8, 4) is 0 Å². The van der Waals surface area contributed by atoms with Crippen LogP contribution in [0.4, 0.5) is 0 Å². The summed E-state index contributed by atoms with van der Waals surface area (Å²) in [6.45, 7) is 2.27. The highest BCUT2D eigenvalue weighted by molar-refractivity contribution is 5.50. The SMILES string of the molecule is CCCCCCCCCCCCCC[CH]CC=O. The summed E-state index contributed by atoms with van der Waals surface area (Å²) in [6, 6.07) is 0. The first-order valence-corrected chi connectivity index (χ1v) is 8.17. The van der Waals surface area contributed by atoms with E-state index in [0.717, 1.165) is 12.7 Å². The van der Waals surface area contributed by atoms with Gasteiger partial charge in [0.15, 0.2) is 0 Å². The first kappa shape index (κ1) is 17.7. The van der Waals surface area contributed by atoms with Crippen molar-refractivity contribution in [3.63, 3.8) is 0 Å². The van der Waals surface area contributed by atoms with Gasteiger partial charge in [-0.2, -0.15) is 0 Å². The molecule has 0 aliphatic heterocycles. The Morgan fingerprint density at radius 2 is 1.11 bits per heavy atom. The molecule has 0 spiro atoms. The molecule has 1 heteroatoms. The predicted octanol–water partition coefficient (Wildman–Crippen LogP) is 5.87. The van der Waals surface area contributed by atoms with Crippen LogP contribution < -0.4 is 0 Å². The summed E-state index contributed by atoms with van der Waals surface area (Å²) in [7, 11) is 0. The third kappa shape index (κ3) is 15.7. The molecule has 0 aliphatic carbocycles. The average Bonchev–Trinajstić information content (AvgIpc) is 2.39. The van der Waals surface area contributed by atoms with Gasteiger partial charge in [-0.1, -0.05) is 84.0 Å². The lowest BCUT2D eigenvalue weighted by Crippen LogP contribution is -1.84. The number of carbonyl (C=O) groups excluding carboxylic acids is 1. The van der Waals surface area contributed by atoms with E-state index in [9.17, 15) is 4.79 Å². The largest absolute Gasteiger partial charge is 0.303 e. The van der Waals surface area contributed by atoms with Crippen molar-refractivity contribution in [1.82, 2.24) is 0 Å². The molecule has 0 unspecified atom stereocenters. The molecule has 0 amide bonds. The fourth-order valence-electron chi connectivity index (χ4n) is 2.32. The maximum Gasteiger partial charge on any atom is 0.120 e. The lowest BCUT2D eigenvalue weighted by molar-refractivity contribution is -0.107. The molecule has 0 aromatic carbocycles. The van der Waals surface area contributed by atoms with E-state index in [4.69, 9.17) is 0 Å². The van der Waals surface area contributed by atoms with E-state index in [0.29, 0.717) is 6.42 Å². The smallest absolute Gasteiger partial charge is 0.120 e. The van der Waals surface area contributed by atoms with Crippen molar-refractivity contribution in [1.29, 1.82) is 0 Å². The molecular formula is C17H33O. The van der Waals surface area contributed by atoms with E-state index >= 15 is 0 Å². The number of hydrogen-bond donors (Lipinski definition) is 0. The topological polar surface area (TPSA) is 17.1 Å². The Balaban J connectivity index is 2.88. The second-order valence-corrected chi connectivity index (χ2v) is 5.37. The normalized spacial score (nSPS) is 10.7. The molecule has 0 saturated carbocycles. The molecule has 0 bridgehead atoms. The van der Waals surface area contributed by atoms with Crippen LogP contribution in [0, 0.1) is 6.42 Å². The van der Waals surface area contributed by atoms with Gasteiger partial charge >= 0.3 is 0 Å². The molecule has 0 fully saturated rings. The van der Waals surface area contributed by atoms with Gasteiger partial charge in [-0.25, -0.2) is 0 Å². The van der Waals surface area contributed by atoms with Gasteiger partial charge in [0.25, 0.3) is 0 Å². The van der Waals surface area contributed by atoms with Gasteiger partial charge < -0.3 is 4.79 Å². The highest BCUT2D eigenvalue weighted by Gasteiger charge is 1.93. The zero-order chi connectivity index (χ0) is 13.3. The molecule has 0 rings (SSSR count). The fourth-order valence-corrected chi connectivity index (χ4v) is 2.32. The minimum absolute atomic E-state index is 0.637. The maximum absolute atomic E-state index is 10.1. The Labute approximate surface area is 115 Å². The van der Waals surface area contributed by atoms with Gasteiger partial charge in [0.1, 0.15) is 6.29 Å². The number of hydrogen-bond acceptors (Lipinski definition) is 1. The number of unbranched alkanes of at least 4 members (excludes halogenated alkanes) is 14. The lowest BCUT2D eigenvalue weighted by Gasteiger charge is -2.02. The molecule has 18 heavy (non-hydrogen) atoms. The van der Waals surface area contributed by atoms with E-state index in [1.807, 2.05) is 0 Å². The molecular weight excluding hydrogens is 220 g/mol. The van der Waals surface area contributed by atoms with E-state index in [2.05, 4.69) is 13.3 Å². The fraction of sp³-hybridized carbons (Fsp3) is 0.882. The van der Waals surface area contributed by atoms with Crippen molar-refractivity contribution < 1.29 is 4.79 Å². The Kier molecular flexibility index (Phi) is 16.4. The molecule has 107 valence electrons. The first-order valence-electron chi connectivity index (χ1n) is 8.17. The molecule has 1 radical (unpaired) electrons. The quantitative estimate of drug-likeness (QED) is 0.263. The van der Waals surface area contributed by atoms with Crippen LogP contribution in [-0.2, 0) is 4.79 Å². The highest BCUT2D eigenvalue weighted by Crippen LogP contribution is 2.12. The zero-order valence-electron chi connectivity index (χ0n) is 12.5. The predicted molar refractivity (Wildman–Crippen MR) is 80.7 cm³/mol. The Hall–Kier alpha value is -0.330. The number of rotatable bonds is 15. The van der Waals surface area contributed by atoms with Crippen LogP contribution >= 0.6 is 0 Å². The van der Waals surface area contributed by atoms with Crippen molar-refractivity contribution in [2.75, 3.05) is 0 Å². The van der Waals surface area contributed by atoms with Crippen LogP contribution in [0.5, 0.6) is 0 Å². The van der Waals surface area contributed by atoms with Gasteiger partial charge in [0.05, 0.1) is 0 Å². The average molecular weight is 253 g/mol. The summed E-state index contributed by atoms with van der Waals surface area (Å²) in [5.41, 5.74) is 0. The summed E-state index contributed by atoms with van der Waals surface area (Å²) in [5, 5.41) is 0. The highest BCUT2D eigenvalue weighted by atomic mass is 16.1. The van der Waals surface area contributed by atoms with Crippen LogP contribution in [-0.4, -0.2) is 6.29 Å². The zero-order valence-corrected chi connectivity index (χ0v) is 12.5. The van der Waals surface area contributed by atoms with E-state index in [1.165, 1.54) is 77.0 Å². The van der Waals surface area contributed by atoms with E-state index < -0.39 is 0 Å². The molecule has 0 atom stereocenters. The number of carbonyl (C=O) groups is 1. The maximum atomic E-state index is 10.1. The molecule has 0 saturated heterocycles. The van der Waals surface area contributed by atoms with Gasteiger partial charge in [0.2, 0.25) is 0 Å². The van der Waals surface area contributed by atoms with Crippen molar-refractivity contribution >= 4 is 6.29 Å².